The van der Waals surface area contributed by atoms with Crippen molar-refractivity contribution in [2.24, 2.45) is 10.7 Å². The molecule has 1 heterocycles. The van der Waals surface area contributed by atoms with E-state index < -0.39 is 0 Å². The summed E-state index contributed by atoms with van der Waals surface area (Å²) in [5.74, 6) is 2.85. The molecule has 2 aliphatic rings. The summed E-state index contributed by atoms with van der Waals surface area (Å²) in [6, 6.07) is 14.0. The molecule has 6 heteroatoms. The van der Waals surface area contributed by atoms with Crippen molar-refractivity contribution in [2.45, 2.75) is 31.1 Å². The van der Waals surface area contributed by atoms with Crippen LogP contribution < -0.4 is 25.3 Å². The second-order valence-corrected chi connectivity index (χ2v) is 7.40. The number of nitrogens with two attached hydrogens (primary N) is 1. The highest BCUT2D eigenvalue weighted by Crippen LogP contribution is 2.44. The van der Waals surface area contributed by atoms with Crippen molar-refractivity contribution in [2.75, 3.05) is 32.2 Å². The summed E-state index contributed by atoms with van der Waals surface area (Å²) in [6.07, 6.45) is 4.60. The molecule has 1 aliphatic carbocycles. The number of hydrogen-bond acceptors (Lipinski definition) is 4. The van der Waals surface area contributed by atoms with Crippen LogP contribution in [0.5, 0.6) is 17.2 Å². The third kappa shape index (κ3) is 3.86. The number of anilines is 1. The Balaban J connectivity index is 1.52. The Morgan fingerprint density at radius 3 is 2.68 bits per heavy atom. The van der Waals surface area contributed by atoms with E-state index in [0.29, 0.717) is 25.7 Å². The SMILES string of the molecule is COc1cccc(NC(N)=NCC2(c3ccc4c(c3)OCCO4)CCCC2)c1. The number of methoxy groups -OCH3 is 1. The predicted molar refractivity (Wildman–Crippen MR) is 111 cm³/mol. The Kier molecular flexibility index (Phi) is 5.28. The van der Waals surface area contributed by atoms with E-state index in [9.17, 15) is 0 Å². The van der Waals surface area contributed by atoms with Crippen molar-refractivity contribution in [1.29, 1.82) is 0 Å². The summed E-state index contributed by atoms with van der Waals surface area (Å²) >= 11 is 0. The minimum atomic E-state index is -0.00346. The van der Waals surface area contributed by atoms with E-state index >= 15 is 0 Å². The van der Waals surface area contributed by atoms with Gasteiger partial charge in [0.15, 0.2) is 17.5 Å². The van der Waals surface area contributed by atoms with Gasteiger partial charge in [-0.3, -0.25) is 4.99 Å². The molecule has 3 N–H and O–H groups in total. The number of hydrogen-bond donors (Lipinski definition) is 2. The van der Waals surface area contributed by atoms with Crippen LogP contribution >= 0.6 is 0 Å². The molecular weight excluding hydrogens is 354 g/mol. The largest absolute Gasteiger partial charge is 0.497 e. The van der Waals surface area contributed by atoms with Crippen LogP contribution in [0.1, 0.15) is 31.2 Å². The van der Waals surface area contributed by atoms with Gasteiger partial charge in [0, 0.05) is 17.2 Å². The molecular formula is C22H27N3O3. The first kappa shape index (κ1) is 18.5. The number of rotatable bonds is 5. The molecule has 4 rings (SSSR count). The molecule has 6 nitrogen and oxygen atoms in total. The second kappa shape index (κ2) is 8.00. The van der Waals surface area contributed by atoms with Gasteiger partial charge in [0.2, 0.25) is 0 Å². The number of aliphatic imine (C=N–C) groups is 1. The van der Waals surface area contributed by atoms with Gasteiger partial charge in [-0.25, -0.2) is 0 Å². The van der Waals surface area contributed by atoms with Gasteiger partial charge < -0.3 is 25.3 Å². The highest BCUT2D eigenvalue weighted by atomic mass is 16.6. The van der Waals surface area contributed by atoms with E-state index in [-0.39, 0.29) is 5.41 Å². The minimum Gasteiger partial charge on any atom is -0.497 e. The molecule has 1 fully saturated rings. The number of benzene rings is 2. The quantitative estimate of drug-likeness (QED) is 0.610. The van der Waals surface area contributed by atoms with E-state index in [4.69, 9.17) is 19.9 Å². The van der Waals surface area contributed by atoms with Gasteiger partial charge in [0.1, 0.15) is 19.0 Å². The van der Waals surface area contributed by atoms with E-state index in [1.165, 1.54) is 18.4 Å². The fourth-order valence-corrected chi connectivity index (χ4v) is 4.09. The van der Waals surface area contributed by atoms with Gasteiger partial charge in [-0.05, 0) is 42.7 Å². The molecule has 0 saturated heterocycles. The fraction of sp³-hybridized carbons (Fsp3) is 0.409. The van der Waals surface area contributed by atoms with Crippen LogP contribution in [-0.4, -0.2) is 32.8 Å². The number of nitrogens with one attached hydrogen (secondary N) is 1. The van der Waals surface area contributed by atoms with Crippen LogP contribution in [0.3, 0.4) is 0 Å². The molecule has 0 atom stereocenters. The number of nitrogens with zero attached hydrogens (tertiary/aromatic N) is 1. The van der Waals surface area contributed by atoms with Crippen LogP contribution in [0.2, 0.25) is 0 Å². The van der Waals surface area contributed by atoms with Crippen LogP contribution in [0.25, 0.3) is 0 Å². The lowest BCUT2D eigenvalue weighted by Gasteiger charge is -2.29. The van der Waals surface area contributed by atoms with E-state index in [1.807, 2.05) is 30.3 Å². The van der Waals surface area contributed by atoms with Crippen molar-refractivity contribution in [3.05, 3.63) is 48.0 Å². The normalized spacial score (nSPS) is 18.0. The van der Waals surface area contributed by atoms with Gasteiger partial charge >= 0.3 is 0 Å². The summed E-state index contributed by atoms with van der Waals surface area (Å²) in [5, 5.41) is 3.16. The lowest BCUT2D eigenvalue weighted by molar-refractivity contribution is 0.171. The topological polar surface area (TPSA) is 78.1 Å². The van der Waals surface area contributed by atoms with Gasteiger partial charge in [0.25, 0.3) is 0 Å². The molecule has 0 aromatic heterocycles. The van der Waals surface area contributed by atoms with Gasteiger partial charge in [-0.1, -0.05) is 25.0 Å². The maximum absolute atomic E-state index is 6.18. The average molecular weight is 381 g/mol. The summed E-state index contributed by atoms with van der Waals surface area (Å²) in [5.41, 5.74) is 8.29. The van der Waals surface area contributed by atoms with Crippen molar-refractivity contribution in [1.82, 2.24) is 0 Å². The summed E-state index contributed by atoms with van der Waals surface area (Å²) in [4.78, 5) is 4.69. The zero-order valence-electron chi connectivity index (χ0n) is 16.2. The van der Waals surface area contributed by atoms with Crippen LogP contribution in [-0.2, 0) is 5.41 Å². The summed E-state index contributed by atoms with van der Waals surface area (Å²) < 4.78 is 16.7. The smallest absolute Gasteiger partial charge is 0.193 e. The maximum Gasteiger partial charge on any atom is 0.193 e. The average Bonchev–Trinajstić information content (AvgIpc) is 3.22. The third-order valence-electron chi connectivity index (χ3n) is 5.61. The minimum absolute atomic E-state index is 0.00346. The predicted octanol–water partition coefficient (Wildman–Crippen LogP) is 3.71. The van der Waals surface area contributed by atoms with Crippen molar-refractivity contribution < 1.29 is 14.2 Å². The van der Waals surface area contributed by atoms with E-state index in [1.54, 1.807) is 7.11 Å². The Bertz CT molecular complexity index is 860. The van der Waals surface area contributed by atoms with Gasteiger partial charge in [-0.2, -0.15) is 0 Å². The molecule has 0 bridgehead atoms. The Morgan fingerprint density at radius 2 is 1.89 bits per heavy atom. The zero-order chi connectivity index (χ0) is 19.4. The van der Waals surface area contributed by atoms with Crippen molar-refractivity contribution >= 4 is 11.6 Å². The van der Waals surface area contributed by atoms with Crippen LogP contribution in [0, 0.1) is 0 Å². The highest BCUT2D eigenvalue weighted by molar-refractivity contribution is 5.92. The molecule has 148 valence electrons. The maximum atomic E-state index is 6.18. The molecule has 1 saturated carbocycles. The second-order valence-electron chi connectivity index (χ2n) is 7.40. The Morgan fingerprint density at radius 1 is 1.11 bits per heavy atom. The third-order valence-corrected chi connectivity index (χ3v) is 5.61. The first-order valence-electron chi connectivity index (χ1n) is 9.80. The zero-order valence-corrected chi connectivity index (χ0v) is 16.2. The highest BCUT2D eigenvalue weighted by Gasteiger charge is 2.36. The first-order valence-corrected chi connectivity index (χ1v) is 9.80. The van der Waals surface area contributed by atoms with Crippen LogP contribution in [0.4, 0.5) is 5.69 Å². The molecule has 0 unspecified atom stereocenters. The summed E-state index contributed by atoms with van der Waals surface area (Å²) in [6.45, 7) is 1.85. The van der Waals surface area contributed by atoms with E-state index in [2.05, 4.69) is 22.4 Å². The van der Waals surface area contributed by atoms with Crippen LogP contribution in [0.15, 0.2) is 47.5 Å². The number of fused-ring (bicyclic) bond motifs is 1. The van der Waals surface area contributed by atoms with Crippen molar-refractivity contribution in [3.8, 4) is 17.2 Å². The molecule has 2 aromatic carbocycles. The molecule has 0 spiro atoms. The number of ether oxygens (including phenoxy) is 3. The standard InChI is InChI=1S/C22H27N3O3/c1-26-18-6-4-5-17(14-18)25-21(23)24-15-22(9-2-3-10-22)16-7-8-19-20(13-16)28-12-11-27-19/h4-8,13-14H,2-3,9-12,15H2,1H3,(H3,23,24,25). The molecule has 2 aromatic rings. The lowest BCUT2D eigenvalue weighted by Crippen LogP contribution is -2.30. The fourth-order valence-electron chi connectivity index (χ4n) is 4.09. The Hall–Kier alpha value is -2.89. The molecule has 1 aliphatic heterocycles. The lowest BCUT2D eigenvalue weighted by atomic mass is 9.79. The van der Waals surface area contributed by atoms with Gasteiger partial charge in [-0.15, -0.1) is 0 Å². The molecule has 0 radical (unpaired) electrons. The monoisotopic (exact) mass is 381 g/mol. The molecule has 28 heavy (non-hydrogen) atoms. The van der Waals surface area contributed by atoms with Gasteiger partial charge in [0.05, 0.1) is 13.7 Å². The number of guanidine groups is 1. The first-order chi connectivity index (χ1) is 13.7. The molecule has 0 amide bonds. The Labute approximate surface area is 165 Å². The van der Waals surface area contributed by atoms with Crippen molar-refractivity contribution in [3.63, 3.8) is 0 Å². The summed E-state index contributed by atoms with van der Waals surface area (Å²) in [7, 11) is 1.65. The van der Waals surface area contributed by atoms with E-state index in [0.717, 1.165) is 35.8 Å².